The van der Waals surface area contributed by atoms with E-state index >= 15 is 0 Å². The summed E-state index contributed by atoms with van der Waals surface area (Å²) in [5, 5.41) is 2.04. The highest BCUT2D eigenvalue weighted by Gasteiger charge is 2.06. The zero-order valence-corrected chi connectivity index (χ0v) is 9.16. The summed E-state index contributed by atoms with van der Waals surface area (Å²) in [4.78, 5) is 18.9. The van der Waals surface area contributed by atoms with Gasteiger partial charge in [-0.15, -0.1) is 11.3 Å². The molecule has 0 unspecified atom stereocenters. The third-order valence-electron chi connectivity index (χ3n) is 2.21. The lowest BCUT2D eigenvalue weighted by Gasteiger charge is -1.92. The van der Waals surface area contributed by atoms with Crippen LogP contribution in [0.3, 0.4) is 0 Å². The van der Waals surface area contributed by atoms with Gasteiger partial charge in [0.1, 0.15) is 0 Å². The lowest BCUT2D eigenvalue weighted by molar-refractivity contribution is 1.05. The molecule has 3 aromatic rings. The summed E-state index contributed by atoms with van der Waals surface area (Å²) in [5.41, 5.74) is 3.93. The smallest absolute Gasteiger partial charge is 0.173 e. The van der Waals surface area contributed by atoms with Gasteiger partial charge in [-0.3, -0.25) is 0 Å². The van der Waals surface area contributed by atoms with E-state index in [2.05, 4.69) is 24.9 Å². The molecule has 0 bridgehead atoms. The van der Waals surface area contributed by atoms with Gasteiger partial charge >= 0.3 is 0 Å². The average Bonchev–Trinajstić information content (AvgIpc) is 2.99. The Balaban J connectivity index is 1.83. The molecule has 0 aliphatic rings. The molecule has 0 atom stereocenters. The summed E-state index contributed by atoms with van der Waals surface area (Å²) in [6.07, 6.45) is 6.07. The minimum atomic E-state index is 0.754. The Morgan fingerprint density at radius 2 is 2.19 bits per heavy atom. The van der Waals surface area contributed by atoms with E-state index in [0.29, 0.717) is 0 Å². The van der Waals surface area contributed by atoms with Crippen molar-refractivity contribution >= 4 is 11.3 Å². The topological polar surface area (TPSA) is 70.2 Å². The molecule has 0 amide bonds. The normalized spacial score (nSPS) is 10.8. The van der Waals surface area contributed by atoms with Crippen LogP contribution in [-0.4, -0.2) is 24.9 Å². The van der Waals surface area contributed by atoms with Crippen molar-refractivity contribution in [1.29, 1.82) is 0 Å². The molecule has 0 aliphatic heterocycles. The Labute approximate surface area is 95.6 Å². The molecule has 0 fully saturated rings. The van der Waals surface area contributed by atoms with Crippen LogP contribution in [-0.2, 0) is 6.42 Å². The first-order valence-corrected chi connectivity index (χ1v) is 5.77. The number of thiazole rings is 1. The summed E-state index contributed by atoms with van der Waals surface area (Å²) in [6, 6.07) is 0. The van der Waals surface area contributed by atoms with Gasteiger partial charge in [0.05, 0.1) is 11.2 Å². The first-order chi connectivity index (χ1) is 7.92. The van der Waals surface area contributed by atoms with Gasteiger partial charge < -0.3 is 9.97 Å². The van der Waals surface area contributed by atoms with Crippen molar-refractivity contribution in [2.45, 2.75) is 6.42 Å². The largest absolute Gasteiger partial charge is 0.342 e. The van der Waals surface area contributed by atoms with Gasteiger partial charge in [0.2, 0.25) is 0 Å². The van der Waals surface area contributed by atoms with Gasteiger partial charge in [0.15, 0.2) is 11.6 Å². The van der Waals surface area contributed by atoms with Gasteiger partial charge in [-0.1, -0.05) is 0 Å². The van der Waals surface area contributed by atoms with E-state index in [1.165, 1.54) is 0 Å². The summed E-state index contributed by atoms with van der Waals surface area (Å²) in [7, 11) is 0. The van der Waals surface area contributed by atoms with Crippen LogP contribution in [0.25, 0.3) is 11.6 Å². The predicted molar refractivity (Wildman–Crippen MR) is 61.1 cm³/mol. The van der Waals surface area contributed by atoms with Crippen molar-refractivity contribution in [2.75, 3.05) is 0 Å². The summed E-state index contributed by atoms with van der Waals surface area (Å²) >= 11 is 1.60. The number of hydrogen-bond acceptors (Lipinski definition) is 4. The Kier molecular flexibility index (Phi) is 2.26. The third-order valence-corrected chi connectivity index (χ3v) is 2.84. The second-order valence-electron chi connectivity index (χ2n) is 3.35. The molecular formula is C10H9N5S. The molecule has 0 radical (unpaired) electrons. The van der Waals surface area contributed by atoms with Crippen LogP contribution in [0.4, 0.5) is 0 Å². The highest BCUT2D eigenvalue weighted by molar-refractivity contribution is 7.07. The van der Waals surface area contributed by atoms with Gasteiger partial charge in [0.25, 0.3) is 0 Å². The monoisotopic (exact) mass is 231 g/mol. The lowest BCUT2D eigenvalue weighted by Crippen LogP contribution is -1.88. The Bertz CT molecular complexity index is 552. The number of H-pyrrole nitrogens is 2. The first kappa shape index (κ1) is 9.29. The summed E-state index contributed by atoms with van der Waals surface area (Å²) < 4.78 is 0. The van der Waals surface area contributed by atoms with Crippen molar-refractivity contribution in [1.82, 2.24) is 24.9 Å². The predicted octanol–water partition coefficient (Wildman–Crippen LogP) is 1.85. The van der Waals surface area contributed by atoms with Crippen LogP contribution in [0.5, 0.6) is 0 Å². The van der Waals surface area contributed by atoms with E-state index in [9.17, 15) is 0 Å². The van der Waals surface area contributed by atoms with Crippen LogP contribution >= 0.6 is 11.3 Å². The molecule has 0 spiro atoms. The maximum absolute atomic E-state index is 4.27. The molecule has 0 aliphatic carbocycles. The minimum absolute atomic E-state index is 0.754. The highest BCUT2D eigenvalue weighted by atomic mass is 32.1. The molecule has 2 N–H and O–H groups in total. The standard InChI is InChI=1S/C10H9N5S/c1-2-12-9(11-1)10-13-4-7(15-10)3-8-5-16-6-14-8/h1-2,4-6H,3H2,(H,11,12)(H,13,15). The fourth-order valence-corrected chi connectivity index (χ4v) is 2.04. The van der Waals surface area contributed by atoms with Crippen LogP contribution in [0.15, 0.2) is 29.5 Å². The van der Waals surface area contributed by atoms with E-state index in [1.54, 1.807) is 23.7 Å². The number of rotatable bonds is 3. The summed E-state index contributed by atoms with van der Waals surface area (Å²) in [5.74, 6) is 1.51. The zero-order chi connectivity index (χ0) is 10.8. The SMILES string of the molecule is c1c[nH]c(-c2ncc(Cc3cscn3)[nH]2)n1. The molecule has 80 valence electrons. The molecule has 6 heteroatoms. The van der Waals surface area contributed by atoms with E-state index in [1.807, 2.05) is 17.1 Å². The molecular weight excluding hydrogens is 222 g/mol. The molecule has 3 heterocycles. The molecule has 3 rings (SSSR count). The van der Waals surface area contributed by atoms with Crippen LogP contribution in [0.2, 0.25) is 0 Å². The second-order valence-corrected chi connectivity index (χ2v) is 4.07. The van der Waals surface area contributed by atoms with Gasteiger partial charge in [-0.05, 0) is 0 Å². The number of nitrogens with one attached hydrogen (secondary N) is 2. The number of hydrogen-bond donors (Lipinski definition) is 2. The highest BCUT2D eigenvalue weighted by Crippen LogP contribution is 2.12. The van der Waals surface area contributed by atoms with E-state index in [0.717, 1.165) is 29.5 Å². The van der Waals surface area contributed by atoms with Crippen molar-refractivity contribution < 1.29 is 0 Å². The molecule has 0 saturated carbocycles. The maximum Gasteiger partial charge on any atom is 0.173 e. The van der Waals surface area contributed by atoms with Crippen molar-refractivity contribution in [3.63, 3.8) is 0 Å². The van der Waals surface area contributed by atoms with Crippen LogP contribution in [0, 0.1) is 0 Å². The quantitative estimate of drug-likeness (QED) is 0.722. The average molecular weight is 231 g/mol. The van der Waals surface area contributed by atoms with Gasteiger partial charge in [0, 0.05) is 36.1 Å². The molecule has 16 heavy (non-hydrogen) atoms. The van der Waals surface area contributed by atoms with Crippen LogP contribution < -0.4 is 0 Å². The molecule has 5 nitrogen and oxygen atoms in total. The maximum atomic E-state index is 4.27. The number of aromatic amines is 2. The lowest BCUT2D eigenvalue weighted by atomic mass is 10.3. The van der Waals surface area contributed by atoms with E-state index in [-0.39, 0.29) is 0 Å². The Morgan fingerprint density at radius 1 is 1.19 bits per heavy atom. The fourth-order valence-electron chi connectivity index (χ4n) is 1.48. The Hall–Kier alpha value is -1.95. The zero-order valence-electron chi connectivity index (χ0n) is 8.34. The van der Waals surface area contributed by atoms with Crippen molar-refractivity contribution in [3.05, 3.63) is 40.9 Å². The minimum Gasteiger partial charge on any atom is -0.342 e. The van der Waals surface area contributed by atoms with E-state index < -0.39 is 0 Å². The Morgan fingerprint density at radius 3 is 2.94 bits per heavy atom. The number of imidazole rings is 2. The van der Waals surface area contributed by atoms with Gasteiger partial charge in [-0.25, -0.2) is 15.0 Å². The second kappa shape index (κ2) is 3.90. The summed E-state index contributed by atoms with van der Waals surface area (Å²) in [6.45, 7) is 0. The molecule has 0 saturated heterocycles. The number of aromatic nitrogens is 5. The molecule has 3 aromatic heterocycles. The van der Waals surface area contributed by atoms with Gasteiger partial charge in [-0.2, -0.15) is 0 Å². The van der Waals surface area contributed by atoms with Crippen molar-refractivity contribution in [3.8, 4) is 11.6 Å². The van der Waals surface area contributed by atoms with Crippen molar-refractivity contribution in [2.24, 2.45) is 0 Å². The fraction of sp³-hybridized carbons (Fsp3) is 0.100. The first-order valence-electron chi connectivity index (χ1n) is 4.82. The van der Waals surface area contributed by atoms with Crippen LogP contribution in [0.1, 0.15) is 11.4 Å². The van der Waals surface area contributed by atoms with E-state index in [4.69, 9.17) is 0 Å². The molecule has 0 aromatic carbocycles. The number of nitrogens with zero attached hydrogens (tertiary/aromatic N) is 3. The third kappa shape index (κ3) is 1.74.